The van der Waals surface area contributed by atoms with Gasteiger partial charge in [0.05, 0.1) is 10.0 Å². The lowest BCUT2D eigenvalue weighted by Gasteiger charge is -2.09. The number of anilines is 1. The number of H-pyrrole nitrogens is 1. The van der Waals surface area contributed by atoms with Crippen LogP contribution in [0.2, 0.25) is 10.0 Å². The van der Waals surface area contributed by atoms with Crippen LogP contribution in [-0.2, 0) is 13.2 Å². The molecule has 23 heavy (non-hydrogen) atoms. The number of tetrazole rings is 1. The molecule has 0 bridgehead atoms. The minimum atomic E-state index is 0.415. The zero-order valence-electron chi connectivity index (χ0n) is 12.0. The number of aromatic amines is 1. The molecule has 0 aliphatic rings. The monoisotopic (exact) mass is 349 g/mol. The topological polar surface area (TPSA) is 75.7 Å². The summed E-state index contributed by atoms with van der Waals surface area (Å²) in [6.45, 7) is 0.988. The molecule has 1 heterocycles. The Bertz CT molecular complexity index is 779. The van der Waals surface area contributed by atoms with Crippen molar-refractivity contribution in [1.29, 1.82) is 0 Å². The predicted octanol–water partition coefficient (Wildman–Crippen LogP) is 3.70. The zero-order chi connectivity index (χ0) is 16.1. The third-order valence-electron chi connectivity index (χ3n) is 3.08. The molecule has 0 aliphatic carbocycles. The van der Waals surface area contributed by atoms with Crippen molar-refractivity contribution in [2.24, 2.45) is 0 Å². The van der Waals surface area contributed by atoms with Gasteiger partial charge in [-0.1, -0.05) is 46.5 Å². The molecule has 6 nitrogen and oxygen atoms in total. The van der Waals surface area contributed by atoms with Crippen molar-refractivity contribution in [3.05, 3.63) is 63.6 Å². The van der Waals surface area contributed by atoms with Gasteiger partial charge in [0.2, 0.25) is 0 Å². The van der Waals surface area contributed by atoms with Crippen LogP contribution < -0.4 is 10.1 Å². The lowest BCUT2D eigenvalue weighted by molar-refractivity contribution is 0.306. The van der Waals surface area contributed by atoms with Crippen molar-refractivity contribution >= 4 is 29.2 Å². The molecule has 0 spiro atoms. The van der Waals surface area contributed by atoms with Gasteiger partial charge in [-0.3, -0.25) is 0 Å². The molecule has 2 aromatic carbocycles. The van der Waals surface area contributed by atoms with Crippen LogP contribution in [0.15, 0.2) is 42.5 Å². The number of hydrogen-bond donors (Lipinski definition) is 2. The first kappa shape index (κ1) is 15.6. The normalized spacial score (nSPS) is 10.5. The molecule has 3 aromatic rings. The molecular formula is C15H13Cl2N5O. The number of aromatic nitrogens is 4. The van der Waals surface area contributed by atoms with E-state index in [4.69, 9.17) is 27.9 Å². The third kappa shape index (κ3) is 4.34. The first-order valence-corrected chi connectivity index (χ1v) is 7.59. The lowest BCUT2D eigenvalue weighted by atomic mass is 10.2. The first-order valence-electron chi connectivity index (χ1n) is 6.84. The van der Waals surface area contributed by atoms with Gasteiger partial charge < -0.3 is 10.1 Å². The van der Waals surface area contributed by atoms with E-state index in [1.807, 2.05) is 30.3 Å². The Morgan fingerprint density at radius 2 is 1.96 bits per heavy atom. The van der Waals surface area contributed by atoms with Gasteiger partial charge in [-0.05, 0) is 40.6 Å². The smallest absolute Gasteiger partial charge is 0.263 e. The standard InChI is InChI=1S/C15H13Cl2N5O/c16-13-5-4-11(7-14(13)17)9-23-12-3-1-2-10(6-12)8-18-15-19-21-22-20-15/h1-7H,8-9H2,(H2,18,19,20,21,22). The summed E-state index contributed by atoms with van der Waals surface area (Å²) in [6.07, 6.45) is 0. The molecular weight excluding hydrogens is 337 g/mol. The summed E-state index contributed by atoms with van der Waals surface area (Å²) in [5.74, 6) is 1.22. The van der Waals surface area contributed by atoms with E-state index in [9.17, 15) is 0 Å². The minimum Gasteiger partial charge on any atom is -0.489 e. The van der Waals surface area contributed by atoms with Gasteiger partial charge in [0.15, 0.2) is 0 Å². The molecule has 0 saturated heterocycles. The second-order valence-electron chi connectivity index (χ2n) is 4.77. The van der Waals surface area contributed by atoms with Gasteiger partial charge >= 0.3 is 0 Å². The number of hydrogen-bond acceptors (Lipinski definition) is 5. The summed E-state index contributed by atoms with van der Waals surface area (Å²) < 4.78 is 5.79. The van der Waals surface area contributed by atoms with Crippen LogP contribution in [0.3, 0.4) is 0 Å². The quantitative estimate of drug-likeness (QED) is 0.709. The molecule has 118 valence electrons. The summed E-state index contributed by atoms with van der Waals surface area (Å²) in [4.78, 5) is 0. The van der Waals surface area contributed by atoms with Crippen LogP contribution in [0.5, 0.6) is 5.75 Å². The SMILES string of the molecule is Clc1ccc(COc2cccc(CNc3nn[nH]n3)c2)cc1Cl. The van der Waals surface area contributed by atoms with Gasteiger partial charge in [0.1, 0.15) is 12.4 Å². The highest BCUT2D eigenvalue weighted by Crippen LogP contribution is 2.23. The average molecular weight is 350 g/mol. The number of halogens is 2. The Morgan fingerprint density at radius 1 is 1.04 bits per heavy atom. The van der Waals surface area contributed by atoms with Crippen LogP contribution >= 0.6 is 23.2 Å². The van der Waals surface area contributed by atoms with E-state index in [1.165, 1.54) is 0 Å². The van der Waals surface area contributed by atoms with Crippen LogP contribution in [0, 0.1) is 0 Å². The van der Waals surface area contributed by atoms with E-state index in [-0.39, 0.29) is 0 Å². The predicted molar refractivity (Wildman–Crippen MR) is 88.7 cm³/mol. The molecule has 0 amide bonds. The van der Waals surface area contributed by atoms with Crippen molar-refractivity contribution in [3.63, 3.8) is 0 Å². The van der Waals surface area contributed by atoms with Gasteiger partial charge in [-0.2, -0.15) is 5.21 Å². The first-order chi connectivity index (χ1) is 11.2. The van der Waals surface area contributed by atoms with E-state index in [0.717, 1.165) is 16.9 Å². The van der Waals surface area contributed by atoms with E-state index < -0.39 is 0 Å². The molecule has 0 unspecified atom stereocenters. The Morgan fingerprint density at radius 3 is 2.74 bits per heavy atom. The highest BCUT2D eigenvalue weighted by molar-refractivity contribution is 6.42. The van der Waals surface area contributed by atoms with Crippen molar-refractivity contribution in [3.8, 4) is 5.75 Å². The van der Waals surface area contributed by atoms with E-state index in [2.05, 4.69) is 25.9 Å². The number of ether oxygens (including phenoxy) is 1. The Labute approximate surface area is 142 Å². The average Bonchev–Trinajstić information content (AvgIpc) is 3.08. The van der Waals surface area contributed by atoms with Crippen molar-refractivity contribution in [1.82, 2.24) is 20.6 Å². The Balaban J connectivity index is 1.59. The molecule has 8 heteroatoms. The molecule has 1 aromatic heterocycles. The maximum atomic E-state index is 6.00. The molecule has 3 rings (SSSR count). The molecule has 0 aliphatic heterocycles. The molecule has 2 N–H and O–H groups in total. The second kappa shape index (κ2) is 7.30. The maximum Gasteiger partial charge on any atom is 0.263 e. The fourth-order valence-electron chi connectivity index (χ4n) is 1.96. The number of benzene rings is 2. The summed E-state index contributed by atoms with van der Waals surface area (Å²) in [7, 11) is 0. The summed E-state index contributed by atoms with van der Waals surface area (Å²) in [6, 6.07) is 13.2. The van der Waals surface area contributed by atoms with Crippen LogP contribution in [-0.4, -0.2) is 20.6 Å². The van der Waals surface area contributed by atoms with Crippen LogP contribution in [0.25, 0.3) is 0 Å². The number of nitrogens with zero attached hydrogens (tertiary/aromatic N) is 3. The molecule has 0 atom stereocenters. The Hall–Kier alpha value is -2.31. The summed E-state index contributed by atoms with van der Waals surface area (Å²) >= 11 is 11.9. The highest BCUT2D eigenvalue weighted by atomic mass is 35.5. The fraction of sp³-hybridized carbons (Fsp3) is 0.133. The minimum absolute atomic E-state index is 0.415. The summed E-state index contributed by atoms with van der Waals surface area (Å²) in [5, 5.41) is 17.6. The second-order valence-corrected chi connectivity index (χ2v) is 5.59. The van der Waals surface area contributed by atoms with Crippen molar-refractivity contribution in [2.45, 2.75) is 13.2 Å². The highest BCUT2D eigenvalue weighted by Gasteiger charge is 2.03. The molecule has 0 saturated carbocycles. The largest absolute Gasteiger partial charge is 0.489 e. The van der Waals surface area contributed by atoms with Crippen LogP contribution in [0.4, 0.5) is 5.95 Å². The van der Waals surface area contributed by atoms with Gasteiger partial charge in [0, 0.05) is 6.54 Å². The number of nitrogens with one attached hydrogen (secondary N) is 2. The lowest BCUT2D eigenvalue weighted by Crippen LogP contribution is -2.02. The molecule has 0 fully saturated rings. The zero-order valence-corrected chi connectivity index (χ0v) is 13.5. The Kier molecular flexibility index (Phi) is 4.95. The van der Waals surface area contributed by atoms with E-state index in [0.29, 0.717) is 29.1 Å². The number of rotatable bonds is 6. The van der Waals surface area contributed by atoms with Gasteiger partial charge in [-0.15, -0.1) is 5.10 Å². The van der Waals surface area contributed by atoms with E-state index in [1.54, 1.807) is 12.1 Å². The van der Waals surface area contributed by atoms with Gasteiger partial charge in [0.25, 0.3) is 5.95 Å². The third-order valence-corrected chi connectivity index (χ3v) is 3.82. The van der Waals surface area contributed by atoms with E-state index >= 15 is 0 Å². The van der Waals surface area contributed by atoms with Crippen molar-refractivity contribution < 1.29 is 4.74 Å². The van der Waals surface area contributed by atoms with Gasteiger partial charge in [-0.25, -0.2) is 0 Å². The maximum absolute atomic E-state index is 6.00. The fourth-order valence-corrected chi connectivity index (χ4v) is 2.28. The molecule has 0 radical (unpaired) electrons. The van der Waals surface area contributed by atoms with Crippen LogP contribution in [0.1, 0.15) is 11.1 Å². The summed E-state index contributed by atoms with van der Waals surface area (Å²) in [5.41, 5.74) is 2.00. The van der Waals surface area contributed by atoms with Crippen molar-refractivity contribution in [2.75, 3.05) is 5.32 Å².